The minimum absolute atomic E-state index is 0.318. The molecule has 2 atom stereocenters. The Hall–Kier alpha value is -0.900. The van der Waals surface area contributed by atoms with Crippen molar-refractivity contribution in [3.63, 3.8) is 0 Å². The van der Waals surface area contributed by atoms with Crippen LogP contribution in [0.2, 0.25) is 0 Å². The van der Waals surface area contributed by atoms with Gasteiger partial charge in [0.05, 0.1) is 11.2 Å². The van der Waals surface area contributed by atoms with Crippen LogP contribution in [0.1, 0.15) is 51.6 Å². The zero-order valence-corrected chi connectivity index (χ0v) is 12.8. The van der Waals surface area contributed by atoms with Gasteiger partial charge >= 0.3 is 0 Å². The molecular weight excluding hydrogens is 256 g/mol. The molecule has 2 rings (SSSR count). The molecule has 1 amide bonds. The summed E-state index contributed by atoms with van der Waals surface area (Å²) >= 11 is 1.60. The van der Waals surface area contributed by atoms with Crippen LogP contribution in [0.25, 0.3) is 0 Å². The third-order valence-electron chi connectivity index (χ3n) is 4.10. The van der Waals surface area contributed by atoms with Gasteiger partial charge in [0, 0.05) is 24.4 Å². The molecule has 1 aromatic rings. The van der Waals surface area contributed by atoms with Crippen LogP contribution < -0.4 is 0 Å². The fraction of sp³-hybridized carbons (Fsp3) is 0.733. The van der Waals surface area contributed by atoms with Crippen molar-refractivity contribution >= 4 is 17.2 Å². The van der Waals surface area contributed by atoms with Crippen LogP contribution in [-0.4, -0.2) is 28.4 Å². The highest BCUT2D eigenvalue weighted by Crippen LogP contribution is 2.27. The summed E-state index contributed by atoms with van der Waals surface area (Å²) in [5, 5.41) is 2.04. The molecule has 0 N–H and O–H groups in total. The van der Waals surface area contributed by atoms with Crippen molar-refractivity contribution in [1.82, 2.24) is 9.88 Å². The highest BCUT2D eigenvalue weighted by atomic mass is 32.1. The minimum atomic E-state index is 0.318. The molecule has 0 bridgehead atoms. The smallest absolute Gasteiger partial charge is 0.223 e. The van der Waals surface area contributed by atoms with E-state index in [1.807, 2.05) is 10.9 Å². The van der Waals surface area contributed by atoms with Crippen molar-refractivity contribution in [1.29, 1.82) is 0 Å². The predicted octanol–water partition coefficient (Wildman–Crippen LogP) is 3.50. The summed E-state index contributed by atoms with van der Waals surface area (Å²) in [6.45, 7) is 5.45. The summed E-state index contributed by atoms with van der Waals surface area (Å²) in [6.07, 6.45) is 6.11. The number of aromatic nitrogens is 1. The van der Waals surface area contributed by atoms with E-state index in [0.29, 0.717) is 24.3 Å². The molecule has 2 heterocycles. The molecule has 3 nitrogen and oxygen atoms in total. The number of rotatable bonds is 5. The number of likely N-dealkylation sites (tertiary alicyclic amines) is 1. The number of thiazole rings is 1. The molecule has 1 aliphatic rings. The van der Waals surface area contributed by atoms with Crippen LogP contribution in [0.5, 0.6) is 0 Å². The van der Waals surface area contributed by atoms with Gasteiger partial charge in [-0.3, -0.25) is 4.79 Å². The first-order valence-corrected chi connectivity index (χ1v) is 8.33. The van der Waals surface area contributed by atoms with E-state index in [1.54, 1.807) is 11.3 Å². The maximum atomic E-state index is 12.4. The maximum absolute atomic E-state index is 12.4. The Balaban J connectivity index is 1.91. The molecule has 4 heteroatoms. The lowest BCUT2D eigenvalue weighted by Gasteiger charge is -2.40. The van der Waals surface area contributed by atoms with Gasteiger partial charge in [0.1, 0.15) is 0 Å². The maximum Gasteiger partial charge on any atom is 0.223 e. The Bertz CT molecular complexity index is 391. The number of carbonyl (C=O) groups is 1. The van der Waals surface area contributed by atoms with Gasteiger partial charge in [-0.05, 0) is 31.6 Å². The van der Waals surface area contributed by atoms with E-state index in [-0.39, 0.29) is 0 Å². The summed E-state index contributed by atoms with van der Waals surface area (Å²) < 4.78 is 0. The lowest BCUT2D eigenvalue weighted by molar-refractivity contribution is -0.136. The minimum Gasteiger partial charge on any atom is -0.339 e. The second kappa shape index (κ2) is 7.04. The average Bonchev–Trinajstić information content (AvgIpc) is 2.92. The molecule has 0 spiro atoms. The van der Waals surface area contributed by atoms with Crippen LogP contribution in [-0.2, 0) is 11.2 Å². The number of nitrogens with zero attached hydrogens (tertiary/aromatic N) is 2. The van der Waals surface area contributed by atoms with E-state index in [1.165, 1.54) is 6.42 Å². The largest absolute Gasteiger partial charge is 0.339 e. The molecule has 1 aliphatic heterocycles. The fourth-order valence-electron chi connectivity index (χ4n) is 3.03. The average molecular weight is 280 g/mol. The molecule has 0 saturated carbocycles. The second-order valence-corrected chi connectivity index (χ2v) is 6.26. The summed E-state index contributed by atoms with van der Waals surface area (Å²) in [5.41, 5.74) is 2.89. The number of carbonyl (C=O) groups excluding carboxylic acids is 1. The third kappa shape index (κ3) is 3.78. The van der Waals surface area contributed by atoms with Crippen LogP contribution in [0.4, 0.5) is 0 Å². The summed E-state index contributed by atoms with van der Waals surface area (Å²) in [6, 6.07) is 0.460. The molecule has 19 heavy (non-hydrogen) atoms. The zero-order chi connectivity index (χ0) is 13.7. The Kier molecular flexibility index (Phi) is 5.37. The first-order chi connectivity index (χ1) is 9.22. The van der Waals surface area contributed by atoms with Crippen molar-refractivity contribution in [3.8, 4) is 0 Å². The Morgan fingerprint density at radius 3 is 3.11 bits per heavy atom. The highest BCUT2D eigenvalue weighted by molar-refractivity contribution is 7.07. The first-order valence-electron chi connectivity index (χ1n) is 7.39. The van der Waals surface area contributed by atoms with E-state index in [0.717, 1.165) is 37.9 Å². The van der Waals surface area contributed by atoms with Crippen LogP contribution in [0, 0.1) is 5.92 Å². The fourth-order valence-corrected chi connectivity index (χ4v) is 3.63. The number of hydrogen-bond acceptors (Lipinski definition) is 3. The summed E-state index contributed by atoms with van der Waals surface area (Å²) in [5.74, 6) is 0.968. The number of amides is 1. The van der Waals surface area contributed by atoms with Crippen LogP contribution >= 0.6 is 11.3 Å². The normalized spacial score (nSPS) is 23.6. The van der Waals surface area contributed by atoms with Gasteiger partial charge in [-0.15, -0.1) is 11.3 Å². The van der Waals surface area contributed by atoms with Crippen LogP contribution in [0.15, 0.2) is 10.9 Å². The van der Waals surface area contributed by atoms with Crippen molar-refractivity contribution in [2.45, 2.75) is 58.4 Å². The molecule has 0 unspecified atom stereocenters. The molecule has 0 radical (unpaired) electrons. The molecule has 0 aromatic carbocycles. The SMILES string of the molecule is CCC[C@@H]1[C@H](C)CCCN1C(=O)CCc1cscn1. The zero-order valence-electron chi connectivity index (χ0n) is 12.0. The topological polar surface area (TPSA) is 33.2 Å². The van der Waals surface area contributed by atoms with Gasteiger partial charge in [0.25, 0.3) is 0 Å². The number of aryl methyl sites for hydroxylation is 1. The van der Waals surface area contributed by atoms with Crippen LogP contribution in [0.3, 0.4) is 0 Å². The predicted molar refractivity (Wildman–Crippen MR) is 79.2 cm³/mol. The monoisotopic (exact) mass is 280 g/mol. The molecule has 1 aromatic heterocycles. The summed E-state index contributed by atoms with van der Waals surface area (Å²) in [4.78, 5) is 18.8. The van der Waals surface area contributed by atoms with Crippen molar-refractivity contribution in [2.75, 3.05) is 6.54 Å². The third-order valence-corrected chi connectivity index (χ3v) is 4.73. The number of piperidine rings is 1. The van der Waals surface area contributed by atoms with Crippen molar-refractivity contribution < 1.29 is 4.79 Å². The summed E-state index contributed by atoms with van der Waals surface area (Å²) in [7, 11) is 0. The lowest BCUT2D eigenvalue weighted by atomic mass is 9.87. The van der Waals surface area contributed by atoms with E-state index < -0.39 is 0 Å². The first kappa shape index (κ1) is 14.5. The molecular formula is C15H24N2OS. The van der Waals surface area contributed by atoms with Gasteiger partial charge < -0.3 is 4.90 Å². The van der Waals surface area contributed by atoms with E-state index >= 15 is 0 Å². The van der Waals surface area contributed by atoms with E-state index in [9.17, 15) is 4.79 Å². The Morgan fingerprint density at radius 2 is 2.42 bits per heavy atom. The second-order valence-electron chi connectivity index (χ2n) is 5.54. The standard InChI is InChI=1S/C15H24N2OS/c1-3-5-14-12(2)6-4-9-17(14)15(18)8-7-13-10-19-11-16-13/h10-12,14H,3-9H2,1-2H3/t12-,14-/m1/s1. The van der Waals surface area contributed by atoms with Gasteiger partial charge in [-0.2, -0.15) is 0 Å². The van der Waals surface area contributed by atoms with Gasteiger partial charge in [-0.1, -0.05) is 20.3 Å². The van der Waals surface area contributed by atoms with Gasteiger partial charge in [-0.25, -0.2) is 4.98 Å². The Labute approximate surface area is 120 Å². The molecule has 0 aliphatic carbocycles. The number of hydrogen-bond donors (Lipinski definition) is 0. The molecule has 1 fully saturated rings. The van der Waals surface area contributed by atoms with Gasteiger partial charge in [0.2, 0.25) is 5.91 Å². The van der Waals surface area contributed by atoms with Crippen molar-refractivity contribution in [2.24, 2.45) is 5.92 Å². The van der Waals surface area contributed by atoms with Gasteiger partial charge in [0.15, 0.2) is 0 Å². The quantitative estimate of drug-likeness (QED) is 0.827. The Morgan fingerprint density at radius 1 is 1.58 bits per heavy atom. The molecule has 106 valence electrons. The highest BCUT2D eigenvalue weighted by Gasteiger charge is 2.30. The molecule has 1 saturated heterocycles. The van der Waals surface area contributed by atoms with Crippen molar-refractivity contribution in [3.05, 3.63) is 16.6 Å². The van der Waals surface area contributed by atoms with E-state index in [4.69, 9.17) is 0 Å². The van der Waals surface area contributed by atoms with E-state index in [2.05, 4.69) is 23.7 Å². The lowest BCUT2D eigenvalue weighted by Crippen LogP contribution is -2.47.